The number of methoxy groups -OCH3 is 1. The Morgan fingerprint density at radius 3 is 2.30 bits per heavy atom. The van der Waals surface area contributed by atoms with E-state index >= 15 is 0 Å². The predicted octanol–water partition coefficient (Wildman–Crippen LogP) is 4.46. The Morgan fingerprint density at radius 1 is 0.950 bits per heavy atom. The molecule has 102 valence electrons. The van der Waals surface area contributed by atoms with Gasteiger partial charge in [-0.2, -0.15) is 0 Å². The Bertz CT molecular complexity index is 668. The van der Waals surface area contributed by atoms with Crippen molar-refractivity contribution in [3.63, 3.8) is 0 Å². The van der Waals surface area contributed by atoms with Crippen molar-refractivity contribution in [3.8, 4) is 27.6 Å². The number of nitrogens with zero attached hydrogens (tertiary/aromatic N) is 2. The topological polar surface area (TPSA) is 35.0 Å². The normalized spacial score (nSPS) is 9.85. The van der Waals surface area contributed by atoms with E-state index in [1.54, 1.807) is 30.8 Å². The minimum atomic E-state index is 0. The second kappa shape index (κ2) is 6.63. The lowest BCUT2D eigenvalue weighted by molar-refractivity contribution is 0.415. The summed E-state index contributed by atoms with van der Waals surface area (Å²) in [6, 6.07) is 11.9. The van der Waals surface area contributed by atoms with Gasteiger partial charge in [0.05, 0.1) is 12.8 Å². The molecule has 0 bridgehead atoms. The number of aromatic nitrogens is 2. The minimum absolute atomic E-state index is 0. The van der Waals surface area contributed by atoms with Crippen molar-refractivity contribution < 1.29 is 4.74 Å². The first kappa shape index (κ1) is 14.7. The van der Waals surface area contributed by atoms with Gasteiger partial charge in [0.25, 0.3) is 0 Å². The van der Waals surface area contributed by atoms with Crippen LogP contribution in [0.5, 0.6) is 5.75 Å². The quantitative estimate of drug-likeness (QED) is 0.700. The van der Waals surface area contributed by atoms with Crippen molar-refractivity contribution in [2.45, 2.75) is 0 Å². The molecule has 0 aliphatic carbocycles. The van der Waals surface area contributed by atoms with Gasteiger partial charge in [0.1, 0.15) is 10.8 Å². The fourth-order valence-electron chi connectivity index (χ4n) is 1.80. The summed E-state index contributed by atoms with van der Waals surface area (Å²) in [6.07, 6.45) is 3.56. The summed E-state index contributed by atoms with van der Waals surface area (Å²) in [5.41, 5.74) is 3.18. The van der Waals surface area contributed by atoms with Crippen LogP contribution in [0.2, 0.25) is 0 Å². The van der Waals surface area contributed by atoms with Crippen LogP contribution in [-0.2, 0) is 0 Å². The SMILES string of the molecule is Br.COc1ccc(-c2csc(-c3ccncc3)n2)cc1. The molecule has 3 rings (SSSR count). The number of rotatable bonds is 3. The molecule has 0 aliphatic rings. The van der Waals surface area contributed by atoms with Crippen LogP contribution in [-0.4, -0.2) is 17.1 Å². The fourth-order valence-corrected chi connectivity index (χ4v) is 2.63. The lowest BCUT2D eigenvalue weighted by Gasteiger charge is -2.00. The fraction of sp³-hybridized carbons (Fsp3) is 0.0667. The molecule has 0 saturated carbocycles. The molecule has 5 heteroatoms. The van der Waals surface area contributed by atoms with Crippen molar-refractivity contribution in [1.29, 1.82) is 0 Å². The van der Waals surface area contributed by atoms with Crippen LogP contribution in [0.1, 0.15) is 0 Å². The van der Waals surface area contributed by atoms with E-state index in [9.17, 15) is 0 Å². The van der Waals surface area contributed by atoms with Gasteiger partial charge in [0.2, 0.25) is 0 Å². The second-order valence-electron chi connectivity index (χ2n) is 4.00. The van der Waals surface area contributed by atoms with Crippen molar-refractivity contribution in [2.24, 2.45) is 0 Å². The van der Waals surface area contributed by atoms with Crippen LogP contribution in [0.3, 0.4) is 0 Å². The highest BCUT2D eigenvalue weighted by atomic mass is 79.9. The Balaban J connectivity index is 0.00000147. The number of thiazole rings is 1. The molecule has 0 fully saturated rings. The number of halogens is 1. The average molecular weight is 349 g/mol. The van der Waals surface area contributed by atoms with Crippen molar-refractivity contribution in [3.05, 3.63) is 54.2 Å². The van der Waals surface area contributed by atoms with Gasteiger partial charge in [0, 0.05) is 28.9 Å². The van der Waals surface area contributed by atoms with Gasteiger partial charge in [0.15, 0.2) is 0 Å². The van der Waals surface area contributed by atoms with Gasteiger partial charge in [-0.25, -0.2) is 4.98 Å². The van der Waals surface area contributed by atoms with Crippen molar-refractivity contribution >= 4 is 28.3 Å². The summed E-state index contributed by atoms with van der Waals surface area (Å²) in [5.74, 6) is 0.855. The minimum Gasteiger partial charge on any atom is -0.497 e. The molecule has 0 radical (unpaired) electrons. The van der Waals surface area contributed by atoms with Gasteiger partial charge in [-0.3, -0.25) is 4.98 Å². The summed E-state index contributed by atoms with van der Waals surface area (Å²) >= 11 is 1.64. The molecule has 0 atom stereocenters. The molecule has 0 amide bonds. The van der Waals surface area contributed by atoms with E-state index in [1.807, 2.05) is 36.4 Å². The Hall–Kier alpha value is -1.72. The number of pyridine rings is 1. The van der Waals surface area contributed by atoms with E-state index in [-0.39, 0.29) is 17.0 Å². The number of ether oxygens (including phenoxy) is 1. The molecule has 0 unspecified atom stereocenters. The Kier molecular flexibility index (Phi) is 4.87. The summed E-state index contributed by atoms with van der Waals surface area (Å²) in [4.78, 5) is 8.67. The molecular formula is C15H13BrN2OS. The summed E-state index contributed by atoms with van der Waals surface area (Å²) < 4.78 is 5.15. The molecule has 1 aromatic carbocycles. The molecule has 3 aromatic rings. The third-order valence-corrected chi connectivity index (χ3v) is 3.71. The molecule has 0 N–H and O–H groups in total. The molecule has 0 saturated heterocycles. The van der Waals surface area contributed by atoms with Gasteiger partial charge in [-0.1, -0.05) is 0 Å². The first-order valence-electron chi connectivity index (χ1n) is 5.87. The van der Waals surface area contributed by atoms with Crippen LogP contribution >= 0.6 is 28.3 Å². The van der Waals surface area contributed by atoms with E-state index in [0.717, 1.165) is 27.6 Å². The largest absolute Gasteiger partial charge is 0.497 e. The van der Waals surface area contributed by atoms with Crippen LogP contribution < -0.4 is 4.74 Å². The van der Waals surface area contributed by atoms with Crippen LogP contribution in [0, 0.1) is 0 Å². The number of benzene rings is 1. The van der Waals surface area contributed by atoms with Crippen molar-refractivity contribution in [2.75, 3.05) is 7.11 Å². The van der Waals surface area contributed by atoms with E-state index in [4.69, 9.17) is 4.74 Å². The molecule has 0 spiro atoms. The van der Waals surface area contributed by atoms with Gasteiger partial charge in [-0.05, 0) is 36.4 Å². The van der Waals surface area contributed by atoms with Crippen LogP contribution in [0.15, 0.2) is 54.2 Å². The molecule has 3 nitrogen and oxygen atoms in total. The molecule has 2 heterocycles. The van der Waals surface area contributed by atoms with E-state index in [1.165, 1.54) is 0 Å². The predicted molar refractivity (Wildman–Crippen MR) is 87.7 cm³/mol. The van der Waals surface area contributed by atoms with E-state index in [0.29, 0.717) is 0 Å². The van der Waals surface area contributed by atoms with Crippen molar-refractivity contribution in [1.82, 2.24) is 9.97 Å². The third-order valence-electron chi connectivity index (χ3n) is 2.82. The van der Waals surface area contributed by atoms with Crippen LogP contribution in [0.25, 0.3) is 21.8 Å². The zero-order chi connectivity index (χ0) is 13.1. The van der Waals surface area contributed by atoms with Crippen LogP contribution in [0.4, 0.5) is 0 Å². The zero-order valence-electron chi connectivity index (χ0n) is 10.8. The highest BCUT2D eigenvalue weighted by molar-refractivity contribution is 8.93. The zero-order valence-corrected chi connectivity index (χ0v) is 13.3. The monoisotopic (exact) mass is 348 g/mol. The summed E-state index contributed by atoms with van der Waals surface area (Å²) in [7, 11) is 1.67. The highest BCUT2D eigenvalue weighted by Gasteiger charge is 2.06. The molecule has 2 aromatic heterocycles. The maximum Gasteiger partial charge on any atom is 0.124 e. The molecule has 0 aliphatic heterocycles. The van der Waals surface area contributed by atoms with Gasteiger partial charge in [-0.15, -0.1) is 28.3 Å². The first-order chi connectivity index (χ1) is 9.36. The lowest BCUT2D eigenvalue weighted by atomic mass is 10.2. The molecule has 20 heavy (non-hydrogen) atoms. The maximum atomic E-state index is 5.15. The third kappa shape index (κ3) is 3.05. The van der Waals surface area contributed by atoms with E-state index in [2.05, 4.69) is 15.3 Å². The van der Waals surface area contributed by atoms with Gasteiger partial charge >= 0.3 is 0 Å². The highest BCUT2D eigenvalue weighted by Crippen LogP contribution is 2.29. The first-order valence-corrected chi connectivity index (χ1v) is 6.75. The molecular weight excluding hydrogens is 336 g/mol. The smallest absolute Gasteiger partial charge is 0.124 e. The lowest BCUT2D eigenvalue weighted by Crippen LogP contribution is -1.83. The summed E-state index contributed by atoms with van der Waals surface area (Å²) in [5, 5.41) is 3.07. The maximum absolute atomic E-state index is 5.15. The van der Waals surface area contributed by atoms with Gasteiger partial charge < -0.3 is 4.74 Å². The van der Waals surface area contributed by atoms with E-state index < -0.39 is 0 Å². The Morgan fingerprint density at radius 2 is 1.65 bits per heavy atom. The average Bonchev–Trinajstić information content (AvgIpc) is 2.98. The Labute approximate surface area is 132 Å². The second-order valence-corrected chi connectivity index (χ2v) is 4.86. The number of hydrogen-bond acceptors (Lipinski definition) is 4. The standard InChI is InChI=1S/C15H12N2OS.BrH/c1-18-13-4-2-11(3-5-13)14-10-19-15(17-14)12-6-8-16-9-7-12;/h2-10H,1H3;1H. The number of hydrogen-bond donors (Lipinski definition) is 0. The summed E-state index contributed by atoms with van der Waals surface area (Å²) in [6.45, 7) is 0.